The minimum Gasteiger partial charge on any atom is -0.497 e. The van der Waals surface area contributed by atoms with Crippen molar-refractivity contribution < 1.29 is 4.74 Å². The molecule has 0 aliphatic carbocycles. The van der Waals surface area contributed by atoms with Gasteiger partial charge in [-0.1, -0.05) is 18.2 Å². The van der Waals surface area contributed by atoms with Crippen molar-refractivity contribution in [2.45, 2.75) is 18.6 Å². The zero-order valence-electron chi connectivity index (χ0n) is 17.6. The first kappa shape index (κ1) is 20.2. The maximum Gasteiger partial charge on any atom is 0.170 e. The van der Waals surface area contributed by atoms with Gasteiger partial charge in [-0.2, -0.15) is 0 Å². The third-order valence-corrected chi connectivity index (χ3v) is 6.07. The second-order valence-corrected chi connectivity index (χ2v) is 8.00. The summed E-state index contributed by atoms with van der Waals surface area (Å²) in [5, 5.41) is 4.23. The second kappa shape index (κ2) is 8.80. The molecule has 160 valence electrons. The first-order chi connectivity index (χ1) is 15.7. The van der Waals surface area contributed by atoms with E-state index in [1.165, 1.54) is 0 Å². The van der Waals surface area contributed by atoms with E-state index in [0.717, 1.165) is 28.4 Å². The molecule has 0 radical (unpaired) electrons. The van der Waals surface area contributed by atoms with Gasteiger partial charge in [-0.25, -0.2) is 0 Å². The van der Waals surface area contributed by atoms with Gasteiger partial charge in [-0.3, -0.25) is 9.97 Å². The molecule has 1 aliphatic rings. The van der Waals surface area contributed by atoms with Gasteiger partial charge >= 0.3 is 0 Å². The number of rotatable bonds is 6. The smallest absolute Gasteiger partial charge is 0.170 e. The molecule has 1 fully saturated rings. The molecule has 4 heterocycles. The third-order valence-electron chi connectivity index (χ3n) is 5.72. The predicted octanol–water partition coefficient (Wildman–Crippen LogP) is 4.45. The van der Waals surface area contributed by atoms with E-state index in [-0.39, 0.29) is 12.1 Å². The maximum atomic E-state index is 5.82. The molecule has 0 bridgehead atoms. The number of nitrogens with zero attached hydrogens (tertiary/aromatic N) is 4. The summed E-state index contributed by atoms with van der Waals surface area (Å²) < 4.78 is 7.48. The van der Waals surface area contributed by atoms with Crippen molar-refractivity contribution in [1.82, 2.24) is 24.8 Å². The number of methoxy groups -OCH3 is 1. The quantitative estimate of drug-likeness (QED) is 0.446. The zero-order valence-corrected chi connectivity index (χ0v) is 18.4. The Morgan fingerprint density at radius 2 is 1.88 bits per heavy atom. The summed E-state index contributed by atoms with van der Waals surface area (Å²) in [6.45, 7) is 0.669. The molecule has 0 unspecified atom stereocenters. The highest BCUT2D eigenvalue weighted by Crippen LogP contribution is 2.40. The molecule has 3 aromatic heterocycles. The van der Waals surface area contributed by atoms with Crippen LogP contribution in [0.15, 0.2) is 91.5 Å². The monoisotopic (exact) mass is 441 g/mol. The van der Waals surface area contributed by atoms with Gasteiger partial charge in [0.2, 0.25) is 0 Å². The van der Waals surface area contributed by atoms with Crippen molar-refractivity contribution in [3.63, 3.8) is 0 Å². The lowest BCUT2D eigenvalue weighted by Gasteiger charge is -2.29. The van der Waals surface area contributed by atoms with Crippen molar-refractivity contribution in [3.05, 3.63) is 108 Å². The Morgan fingerprint density at radius 3 is 2.59 bits per heavy atom. The number of hydrogen-bond acceptors (Lipinski definition) is 4. The van der Waals surface area contributed by atoms with E-state index in [2.05, 4.69) is 61.3 Å². The summed E-state index contributed by atoms with van der Waals surface area (Å²) in [4.78, 5) is 11.2. The third kappa shape index (κ3) is 3.83. The fraction of sp³-hybridized carbons (Fsp3) is 0.160. The number of hydrogen-bond donors (Lipinski definition) is 1. The lowest BCUT2D eigenvalue weighted by Crippen LogP contribution is -2.30. The van der Waals surface area contributed by atoms with Gasteiger partial charge in [0.1, 0.15) is 5.75 Å². The first-order valence-electron chi connectivity index (χ1n) is 10.4. The Morgan fingerprint density at radius 1 is 1.00 bits per heavy atom. The summed E-state index contributed by atoms with van der Waals surface area (Å²) in [6, 6.07) is 22.2. The van der Waals surface area contributed by atoms with E-state index < -0.39 is 0 Å². The molecule has 1 aliphatic heterocycles. The van der Waals surface area contributed by atoms with Crippen molar-refractivity contribution in [2.75, 3.05) is 7.11 Å². The van der Waals surface area contributed by atoms with E-state index in [9.17, 15) is 0 Å². The molecule has 1 aromatic carbocycles. The van der Waals surface area contributed by atoms with Gasteiger partial charge in [-0.15, -0.1) is 0 Å². The maximum absolute atomic E-state index is 5.82. The molecular weight excluding hydrogens is 418 g/mol. The topological polar surface area (TPSA) is 55.2 Å². The van der Waals surface area contributed by atoms with E-state index >= 15 is 0 Å². The molecule has 2 atom stereocenters. The Hall–Kier alpha value is -3.71. The standard InChI is InChI=1S/C25H23N5OS/c1-31-20-11-9-18(10-12-20)17-30-24(23(28-25(30)32)21-7-2-3-14-27-21)22-8-5-15-29(22)19-6-4-13-26-16-19/h2-16,23-24H,17H2,1H3,(H,28,32)/t23-,24+/m1/s1. The lowest BCUT2D eigenvalue weighted by atomic mass is 10.0. The summed E-state index contributed by atoms with van der Waals surface area (Å²) in [5.41, 5.74) is 4.24. The molecule has 5 rings (SSSR count). The zero-order chi connectivity index (χ0) is 21.9. The van der Waals surface area contributed by atoms with E-state index in [4.69, 9.17) is 17.0 Å². The number of thiocarbonyl (C=S) groups is 1. The van der Waals surface area contributed by atoms with Crippen LogP contribution in [0.3, 0.4) is 0 Å². The fourth-order valence-corrected chi connectivity index (χ4v) is 4.50. The summed E-state index contributed by atoms with van der Waals surface area (Å²) in [6.07, 6.45) is 7.54. The van der Waals surface area contributed by atoms with E-state index in [0.29, 0.717) is 11.7 Å². The van der Waals surface area contributed by atoms with Gasteiger partial charge in [0.25, 0.3) is 0 Å². The van der Waals surface area contributed by atoms with Gasteiger partial charge in [0, 0.05) is 30.8 Å². The summed E-state index contributed by atoms with van der Waals surface area (Å²) in [7, 11) is 1.68. The Labute approximate surface area is 192 Å². The highest BCUT2D eigenvalue weighted by molar-refractivity contribution is 7.80. The normalized spacial score (nSPS) is 17.9. The fourth-order valence-electron chi connectivity index (χ4n) is 4.19. The molecule has 0 spiro atoms. The van der Waals surface area contributed by atoms with Crippen LogP contribution in [0.5, 0.6) is 5.75 Å². The number of pyridine rings is 2. The lowest BCUT2D eigenvalue weighted by molar-refractivity contribution is 0.302. The SMILES string of the molecule is COc1ccc(CN2C(=S)N[C@H](c3ccccn3)[C@@H]2c2cccn2-c2cccnc2)cc1. The highest BCUT2D eigenvalue weighted by atomic mass is 32.1. The minimum absolute atomic E-state index is 0.0466. The van der Waals surface area contributed by atoms with Gasteiger partial charge in [-0.05, 0) is 66.3 Å². The highest BCUT2D eigenvalue weighted by Gasteiger charge is 2.41. The van der Waals surface area contributed by atoms with Crippen LogP contribution in [0.25, 0.3) is 5.69 Å². The Kier molecular flexibility index (Phi) is 5.56. The predicted molar refractivity (Wildman–Crippen MR) is 128 cm³/mol. The largest absolute Gasteiger partial charge is 0.497 e. The molecule has 32 heavy (non-hydrogen) atoms. The average molecular weight is 442 g/mol. The molecule has 1 saturated heterocycles. The number of ether oxygens (including phenoxy) is 1. The minimum atomic E-state index is -0.0766. The van der Waals surface area contributed by atoms with E-state index in [1.54, 1.807) is 13.3 Å². The Balaban J connectivity index is 1.57. The first-order valence-corrected chi connectivity index (χ1v) is 10.8. The molecule has 7 heteroatoms. The van der Waals surface area contributed by atoms with Crippen LogP contribution in [0.2, 0.25) is 0 Å². The molecular formula is C25H23N5OS. The van der Waals surface area contributed by atoms with Crippen LogP contribution in [-0.2, 0) is 6.54 Å². The van der Waals surface area contributed by atoms with Crippen LogP contribution in [-0.4, -0.2) is 31.7 Å². The Bertz CT molecular complexity index is 1190. The van der Waals surface area contributed by atoms with Crippen LogP contribution >= 0.6 is 12.2 Å². The van der Waals surface area contributed by atoms with Crippen molar-refractivity contribution in [3.8, 4) is 11.4 Å². The number of nitrogens with one attached hydrogen (secondary N) is 1. The molecule has 6 nitrogen and oxygen atoms in total. The van der Waals surface area contributed by atoms with Crippen molar-refractivity contribution >= 4 is 17.3 Å². The molecule has 1 N–H and O–H groups in total. The second-order valence-electron chi connectivity index (χ2n) is 7.62. The van der Waals surface area contributed by atoms with E-state index in [1.807, 2.05) is 48.8 Å². The molecule has 4 aromatic rings. The van der Waals surface area contributed by atoms with Crippen molar-refractivity contribution in [2.24, 2.45) is 0 Å². The molecule has 0 saturated carbocycles. The average Bonchev–Trinajstić information content (AvgIpc) is 3.45. The van der Waals surface area contributed by atoms with Crippen LogP contribution in [0, 0.1) is 0 Å². The van der Waals surface area contributed by atoms with Gasteiger partial charge in [0.15, 0.2) is 5.11 Å². The summed E-state index contributed by atoms with van der Waals surface area (Å²) in [5.74, 6) is 0.837. The van der Waals surface area contributed by atoms with Crippen LogP contribution in [0.4, 0.5) is 0 Å². The van der Waals surface area contributed by atoms with Gasteiger partial charge < -0.3 is 19.5 Å². The number of benzene rings is 1. The van der Waals surface area contributed by atoms with Crippen molar-refractivity contribution in [1.29, 1.82) is 0 Å². The number of aromatic nitrogens is 3. The van der Waals surface area contributed by atoms with Gasteiger partial charge in [0.05, 0.1) is 36.8 Å². The van der Waals surface area contributed by atoms with Crippen LogP contribution in [0.1, 0.15) is 29.0 Å². The molecule has 0 amide bonds. The van der Waals surface area contributed by atoms with Crippen LogP contribution < -0.4 is 10.1 Å². The summed E-state index contributed by atoms with van der Waals surface area (Å²) >= 11 is 5.82.